The van der Waals surface area contributed by atoms with E-state index in [0.717, 1.165) is 18.6 Å². The monoisotopic (exact) mass is 301 g/mol. The quantitative estimate of drug-likeness (QED) is 0.924. The highest BCUT2D eigenvalue weighted by atomic mass is 35.5. The summed E-state index contributed by atoms with van der Waals surface area (Å²) in [4.78, 5) is 0. The van der Waals surface area contributed by atoms with E-state index in [-0.39, 0.29) is 0 Å². The molecular weight excluding hydrogens is 282 g/mol. The molecule has 0 fully saturated rings. The zero-order chi connectivity index (χ0) is 14.8. The van der Waals surface area contributed by atoms with Crippen molar-refractivity contribution in [2.75, 3.05) is 14.2 Å². The normalized spacial score (nSPS) is 20.9. The second kappa shape index (κ2) is 6.08. The minimum Gasteiger partial charge on any atom is -0.495 e. The van der Waals surface area contributed by atoms with Crippen molar-refractivity contribution < 1.29 is 4.74 Å². The number of benzene rings is 2. The van der Waals surface area contributed by atoms with Crippen LogP contribution in [-0.2, 0) is 6.42 Å². The lowest BCUT2D eigenvalue weighted by molar-refractivity contribution is 0.411. The van der Waals surface area contributed by atoms with E-state index in [4.69, 9.17) is 16.3 Å². The van der Waals surface area contributed by atoms with E-state index in [2.05, 4.69) is 41.7 Å². The Morgan fingerprint density at radius 3 is 2.76 bits per heavy atom. The summed E-state index contributed by atoms with van der Waals surface area (Å²) in [5.41, 5.74) is 4.11. The van der Waals surface area contributed by atoms with Gasteiger partial charge in [-0.3, -0.25) is 0 Å². The molecule has 0 bridgehead atoms. The number of hydrogen-bond donors (Lipinski definition) is 1. The predicted molar refractivity (Wildman–Crippen MR) is 87.5 cm³/mol. The van der Waals surface area contributed by atoms with Gasteiger partial charge in [0.15, 0.2) is 0 Å². The van der Waals surface area contributed by atoms with E-state index in [1.54, 1.807) is 7.11 Å². The van der Waals surface area contributed by atoms with Crippen molar-refractivity contribution in [1.82, 2.24) is 5.32 Å². The Kier molecular flexibility index (Phi) is 4.18. The molecule has 2 aromatic rings. The molecule has 3 rings (SSSR count). The number of fused-ring (bicyclic) bond motifs is 1. The first-order chi connectivity index (χ1) is 10.2. The van der Waals surface area contributed by atoms with Crippen LogP contribution in [0.3, 0.4) is 0 Å². The highest BCUT2D eigenvalue weighted by Gasteiger charge is 2.30. The van der Waals surface area contributed by atoms with Crippen LogP contribution in [0.5, 0.6) is 5.75 Å². The SMILES string of the molecule is CN[C@H]1CCc2ccccc2[C@@H]1c1ccc(Cl)c(OC)c1. The second-order valence-electron chi connectivity index (χ2n) is 5.50. The number of halogens is 1. The molecule has 0 saturated carbocycles. The van der Waals surface area contributed by atoms with Crippen LogP contribution < -0.4 is 10.1 Å². The van der Waals surface area contributed by atoms with Crippen LogP contribution in [-0.4, -0.2) is 20.2 Å². The molecule has 0 aliphatic heterocycles. The summed E-state index contributed by atoms with van der Waals surface area (Å²) in [6, 6.07) is 15.3. The van der Waals surface area contributed by atoms with Gasteiger partial charge in [0.2, 0.25) is 0 Å². The average molecular weight is 302 g/mol. The van der Waals surface area contributed by atoms with E-state index in [9.17, 15) is 0 Å². The van der Waals surface area contributed by atoms with E-state index in [1.807, 2.05) is 13.1 Å². The fraction of sp³-hybridized carbons (Fsp3) is 0.333. The molecule has 0 unspecified atom stereocenters. The molecule has 0 amide bonds. The van der Waals surface area contributed by atoms with Gasteiger partial charge in [0, 0.05) is 12.0 Å². The van der Waals surface area contributed by atoms with Crippen LogP contribution in [0.15, 0.2) is 42.5 Å². The third kappa shape index (κ3) is 2.66. The van der Waals surface area contributed by atoms with E-state index in [0.29, 0.717) is 17.0 Å². The largest absolute Gasteiger partial charge is 0.495 e. The van der Waals surface area contributed by atoms with Crippen molar-refractivity contribution in [1.29, 1.82) is 0 Å². The molecule has 0 aromatic heterocycles. The minimum atomic E-state index is 0.339. The van der Waals surface area contributed by atoms with Gasteiger partial charge in [0.1, 0.15) is 5.75 Å². The summed E-state index contributed by atoms with van der Waals surface area (Å²) in [6.07, 6.45) is 2.27. The molecule has 1 N–H and O–H groups in total. The maximum absolute atomic E-state index is 6.17. The van der Waals surface area contributed by atoms with Gasteiger partial charge < -0.3 is 10.1 Å². The third-order valence-electron chi connectivity index (χ3n) is 4.42. The summed E-state index contributed by atoms with van der Waals surface area (Å²) in [7, 11) is 3.70. The summed E-state index contributed by atoms with van der Waals surface area (Å²) < 4.78 is 5.38. The van der Waals surface area contributed by atoms with Gasteiger partial charge in [-0.15, -0.1) is 0 Å². The topological polar surface area (TPSA) is 21.3 Å². The average Bonchev–Trinajstić information content (AvgIpc) is 2.54. The zero-order valence-corrected chi connectivity index (χ0v) is 13.2. The van der Waals surface area contributed by atoms with Crippen LogP contribution in [0, 0.1) is 0 Å². The first-order valence-corrected chi connectivity index (χ1v) is 7.71. The van der Waals surface area contributed by atoms with Crippen LogP contribution in [0.1, 0.15) is 29.0 Å². The van der Waals surface area contributed by atoms with Crippen molar-refractivity contribution >= 4 is 11.6 Å². The molecule has 2 aromatic carbocycles. The van der Waals surface area contributed by atoms with Crippen molar-refractivity contribution in [3.8, 4) is 5.75 Å². The van der Waals surface area contributed by atoms with Crippen LogP contribution in [0.25, 0.3) is 0 Å². The van der Waals surface area contributed by atoms with Gasteiger partial charge in [-0.2, -0.15) is 0 Å². The molecular formula is C18H20ClNO. The Morgan fingerprint density at radius 1 is 1.19 bits per heavy atom. The standard InChI is InChI=1S/C18H20ClNO/c1-20-16-10-8-12-5-3-4-6-14(12)18(16)13-7-9-15(19)17(11-13)21-2/h3-7,9,11,16,18,20H,8,10H2,1-2H3/t16-,18-/m0/s1. The summed E-state index contributed by atoms with van der Waals surface area (Å²) in [5, 5.41) is 4.13. The second-order valence-corrected chi connectivity index (χ2v) is 5.91. The number of nitrogens with one attached hydrogen (secondary N) is 1. The van der Waals surface area contributed by atoms with Crippen molar-refractivity contribution in [2.24, 2.45) is 0 Å². The molecule has 3 heteroatoms. The number of ether oxygens (including phenoxy) is 1. The van der Waals surface area contributed by atoms with Gasteiger partial charge in [-0.25, -0.2) is 0 Å². The Balaban J connectivity index is 2.10. The van der Waals surface area contributed by atoms with Crippen molar-refractivity contribution in [3.63, 3.8) is 0 Å². The molecule has 21 heavy (non-hydrogen) atoms. The highest BCUT2D eigenvalue weighted by molar-refractivity contribution is 6.32. The first-order valence-electron chi connectivity index (χ1n) is 7.33. The van der Waals surface area contributed by atoms with Crippen molar-refractivity contribution in [3.05, 3.63) is 64.2 Å². The maximum Gasteiger partial charge on any atom is 0.137 e. The van der Waals surface area contributed by atoms with E-state index < -0.39 is 0 Å². The molecule has 110 valence electrons. The third-order valence-corrected chi connectivity index (χ3v) is 4.73. The number of likely N-dealkylation sites (N-methyl/N-ethyl adjacent to an activating group) is 1. The fourth-order valence-corrected chi connectivity index (χ4v) is 3.55. The summed E-state index contributed by atoms with van der Waals surface area (Å²) >= 11 is 6.17. The maximum atomic E-state index is 6.17. The van der Waals surface area contributed by atoms with Gasteiger partial charge >= 0.3 is 0 Å². The van der Waals surface area contributed by atoms with Crippen molar-refractivity contribution in [2.45, 2.75) is 24.8 Å². The molecule has 0 spiro atoms. The Bertz CT molecular complexity index is 641. The van der Waals surface area contributed by atoms with Gasteiger partial charge in [0.05, 0.1) is 12.1 Å². The summed E-state index contributed by atoms with van der Waals surface area (Å²) in [5.74, 6) is 1.08. The molecule has 0 radical (unpaired) electrons. The molecule has 1 aliphatic rings. The number of aryl methyl sites for hydroxylation is 1. The highest BCUT2D eigenvalue weighted by Crippen LogP contribution is 2.39. The number of rotatable bonds is 3. The number of methoxy groups -OCH3 is 1. The van der Waals surface area contributed by atoms with Crippen LogP contribution >= 0.6 is 11.6 Å². The van der Waals surface area contributed by atoms with Gasteiger partial charge in [-0.05, 0) is 48.7 Å². The fourth-order valence-electron chi connectivity index (χ4n) is 3.35. The summed E-state index contributed by atoms with van der Waals surface area (Å²) in [6.45, 7) is 0. The molecule has 0 saturated heterocycles. The molecule has 2 nitrogen and oxygen atoms in total. The van der Waals surface area contributed by atoms with Crippen LogP contribution in [0.2, 0.25) is 5.02 Å². The molecule has 0 heterocycles. The first kappa shape index (κ1) is 14.4. The lowest BCUT2D eigenvalue weighted by Crippen LogP contribution is -2.36. The van der Waals surface area contributed by atoms with Gasteiger partial charge in [-0.1, -0.05) is 41.9 Å². The lowest BCUT2D eigenvalue weighted by atomic mass is 9.75. The smallest absolute Gasteiger partial charge is 0.137 e. The Morgan fingerprint density at radius 2 is 2.00 bits per heavy atom. The minimum absolute atomic E-state index is 0.339. The Hall–Kier alpha value is -1.51. The van der Waals surface area contributed by atoms with Crippen LogP contribution in [0.4, 0.5) is 0 Å². The number of hydrogen-bond acceptors (Lipinski definition) is 2. The predicted octanol–water partition coefficient (Wildman–Crippen LogP) is 4.01. The van der Waals surface area contributed by atoms with Gasteiger partial charge in [0.25, 0.3) is 0 Å². The molecule has 2 atom stereocenters. The zero-order valence-electron chi connectivity index (χ0n) is 12.4. The molecule has 1 aliphatic carbocycles. The van der Waals surface area contributed by atoms with E-state index >= 15 is 0 Å². The lowest BCUT2D eigenvalue weighted by Gasteiger charge is -2.34. The van der Waals surface area contributed by atoms with E-state index in [1.165, 1.54) is 16.7 Å². The Labute approximate surface area is 131 Å².